The monoisotopic (exact) mass is 245 g/mol. The highest BCUT2D eigenvalue weighted by atomic mass is 32.2. The van der Waals surface area contributed by atoms with Crippen LogP contribution in [0.25, 0.3) is 0 Å². The van der Waals surface area contributed by atoms with Gasteiger partial charge in [-0.25, -0.2) is 9.78 Å². The highest BCUT2D eigenvalue weighted by Crippen LogP contribution is 2.22. The summed E-state index contributed by atoms with van der Waals surface area (Å²) in [5.41, 5.74) is 0.419. The minimum Gasteiger partial charge on any atom is -0.464 e. The molecule has 1 rings (SSSR count). The lowest BCUT2D eigenvalue weighted by Crippen LogP contribution is -2.01. The maximum atomic E-state index is 11.1. The molecule has 3 nitrogen and oxygen atoms in total. The number of carbonyl (C=O) groups excluding carboxylic acids is 1. The number of methoxy groups -OCH3 is 1. The van der Waals surface area contributed by atoms with Gasteiger partial charge in [-0.3, -0.25) is 0 Å². The number of esters is 1. The van der Waals surface area contributed by atoms with Crippen LogP contribution in [0.4, 0.5) is 0 Å². The zero-order valence-corrected chi connectivity index (χ0v) is 10.8. The van der Waals surface area contributed by atoms with Gasteiger partial charge in [-0.2, -0.15) is 11.8 Å². The molecule has 84 valence electrons. The number of thioether (sulfide) groups is 1. The summed E-state index contributed by atoms with van der Waals surface area (Å²) < 4.78 is 4.59. The van der Waals surface area contributed by atoms with E-state index < -0.39 is 0 Å². The minimum absolute atomic E-state index is 0.356. The normalized spacial score (nSPS) is 12.5. The Labute approximate surface area is 98.2 Å². The topological polar surface area (TPSA) is 39.2 Å². The minimum atomic E-state index is -0.356. The Balaban J connectivity index is 2.49. The van der Waals surface area contributed by atoms with Gasteiger partial charge in [0.25, 0.3) is 0 Å². The first-order valence-electron chi connectivity index (χ1n) is 4.81. The van der Waals surface area contributed by atoms with Crippen LogP contribution in [0.1, 0.15) is 35.8 Å². The molecule has 0 N–H and O–H groups in total. The Bertz CT molecular complexity index is 325. The lowest BCUT2D eigenvalue weighted by atomic mass is 10.4. The molecule has 1 atom stereocenters. The van der Waals surface area contributed by atoms with Gasteiger partial charge in [0.05, 0.1) is 7.11 Å². The molecule has 15 heavy (non-hydrogen) atoms. The average Bonchev–Trinajstić information content (AvgIpc) is 2.73. The van der Waals surface area contributed by atoms with Crippen molar-refractivity contribution >= 4 is 29.1 Å². The summed E-state index contributed by atoms with van der Waals surface area (Å²) in [5, 5.41) is 3.37. The van der Waals surface area contributed by atoms with E-state index in [0.29, 0.717) is 10.9 Å². The van der Waals surface area contributed by atoms with E-state index in [2.05, 4.69) is 23.6 Å². The SMILES string of the molecule is CCC(C)SCc1nc(C(=O)OC)cs1. The second-order valence-electron chi connectivity index (χ2n) is 3.15. The van der Waals surface area contributed by atoms with Crippen LogP contribution in [0.2, 0.25) is 0 Å². The molecular formula is C10H15NO2S2. The summed E-state index contributed by atoms with van der Waals surface area (Å²) in [6, 6.07) is 0. The molecular weight excluding hydrogens is 230 g/mol. The number of rotatable bonds is 5. The smallest absolute Gasteiger partial charge is 0.357 e. The third-order valence-corrected chi connectivity index (χ3v) is 4.39. The Morgan fingerprint density at radius 3 is 3.07 bits per heavy atom. The molecule has 0 amide bonds. The van der Waals surface area contributed by atoms with Crippen LogP contribution in [0.5, 0.6) is 0 Å². The van der Waals surface area contributed by atoms with Crippen LogP contribution in [0, 0.1) is 0 Å². The molecule has 0 spiro atoms. The van der Waals surface area contributed by atoms with Crippen molar-refractivity contribution < 1.29 is 9.53 Å². The molecule has 0 aliphatic rings. The van der Waals surface area contributed by atoms with E-state index in [1.165, 1.54) is 18.4 Å². The zero-order chi connectivity index (χ0) is 11.3. The van der Waals surface area contributed by atoms with E-state index in [9.17, 15) is 4.79 Å². The highest BCUT2D eigenvalue weighted by Gasteiger charge is 2.11. The number of nitrogens with zero attached hydrogens (tertiary/aromatic N) is 1. The van der Waals surface area contributed by atoms with E-state index in [4.69, 9.17) is 0 Å². The number of hydrogen-bond donors (Lipinski definition) is 0. The Hall–Kier alpha value is -0.550. The lowest BCUT2D eigenvalue weighted by Gasteiger charge is -2.05. The summed E-state index contributed by atoms with van der Waals surface area (Å²) in [7, 11) is 1.37. The van der Waals surface area contributed by atoms with Crippen LogP contribution in [0.3, 0.4) is 0 Å². The largest absolute Gasteiger partial charge is 0.464 e. The fourth-order valence-electron chi connectivity index (χ4n) is 0.907. The number of hydrogen-bond acceptors (Lipinski definition) is 5. The molecule has 0 saturated heterocycles. The molecule has 1 heterocycles. The van der Waals surface area contributed by atoms with Gasteiger partial charge in [0.1, 0.15) is 5.01 Å². The fraction of sp³-hybridized carbons (Fsp3) is 0.600. The van der Waals surface area contributed by atoms with Crippen molar-refractivity contribution in [1.82, 2.24) is 4.98 Å². The maximum Gasteiger partial charge on any atom is 0.357 e. The number of aromatic nitrogens is 1. The Morgan fingerprint density at radius 1 is 1.73 bits per heavy atom. The number of ether oxygens (including phenoxy) is 1. The highest BCUT2D eigenvalue weighted by molar-refractivity contribution is 7.99. The summed E-state index contributed by atoms with van der Waals surface area (Å²) in [5.74, 6) is 0.516. The van der Waals surface area contributed by atoms with Crippen LogP contribution in [-0.4, -0.2) is 23.3 Å². The van der Waals surface area contributed by atoms with Gasteiger partial charge >= 0.3 is 5.97 Å². The number of carbonyl (C=O) groups is 1. The van der Waals surface area contributed by atoms with Crippen LogP contribution in [0.15, 0.2) is 5.38 Å². The standard InChI is InChI=1S/C10H15NO2S2/c1-4-7(2)14-6-9-11-8(5-15-9)10(12)13-3/h5,7H,4,6H2,1-3H3. The lowest BCUT2D eigenvalue weighted by molar-refractivity contribution is 0.0595. The summed E-state index contributed by atoms with van der Waals surface area (Å²) >= 11 is 3.37. The van der Waals surface area contributed by atoms with Gasteiger partial charge < -0.3 is 4.74 Å². The van der Waals surface area contributed by atoms with E-state index in [0.717, 1.165) is 17.2 Å². The zero-order valence-electron chi connectivity index (χ0n) is 9.15. The van der Waals surface area contributed by atoms with Gasteiger partial charge in [0, 0.05) is 16.4 Å². The van der Waals surface area contributed by atoms with Crippen molar-refractivity contribution in [3.8, 4) is 0 Å². The summed E-state index contributed by atoms with van der Waals surface area (Å²) in [6.45, 7) is 4.36. The van der Waals surface area contributed by atoms with Gasteiger partial charge in [0.2, 0.25) is 0 Å². The van der Waals surface area contributed by atoms with E-state index in [-0.39, 0.29) is 5.97 Å². The van der Waals surface area contributed by atoms with Crippen LogP contribution >= 0.6 is 23.1 Å². The number of thiazole rings is 1. The molecule has 0 bridgehead atoms. The van der Waals surface area contributed by atoms with Gasteiger partial charge in [-0.05, 0) is 6.42 Å². The first-order chi connectivity index (χ1) is 7.17. The van der Waals surface area contributed by atoms with E-state index in [1.807, 2.05) is 11.8 Å². The maximum absolute atomic E-state index is 11.1. The average molecular weight is 245 g/mol. The van der Waals surface area contributed by atoms with Gasteiger partial charge in [0.15, 0.2) is 5.69 Å². The third-order valence-electron chi connectivity index (χ3n) is 2.01. The van der Waals surface area contributed by atoms with E-state index >= 15 is 0 Å². The second kappa shape index (κ2) is 6.12. The summed E-state index contributed by atoms with van der Waals surface area (Å²) in [6.07, 6.45) is 1.15. The predicted octanol–water partition coefficient (Wildman–Crippen LogP) is 2.96. The van der Waals surface area contributed by atoms with Crippen LogP contribution in [-0.2, 0) is 10.5 Å². The third kappa shape index (κ3) is 3.83. The molecule has 0 saturated carbocycles. The van der Waals surface area contributed by atoms with E-state index in [1.54, 1.807) is 5.38 Å². The fourth-order valence-corrected chi connectivity index (χ4v) is 2.66. The molecule has 5 heteroatoms. The van der Waals surface area contributed by atoms with Crippen molar-refractivity contribution in [3.05, 3.63) is 16.1 Å². The quantitative estimate of drug-likeness (QED) is 0.748. The molecule has 0 radical (unpaired) electrons. The first kappa shape index (κ1) is 12.5. The molecule has 1 unspecified atom stereocenters. The second-order valence-corrected chi connectivity index (χ2v) is 5.52. The van der Waals surface area contributed by atoms with Crippen molar-refractivity contribution in [2.24, 2.45) is 0 Å². The molecule has 0 aromatic carbocycles. The molecule has 0 aliphatic carbocycles. The van der Waals surface area contributed by atoms with Crippen molar-refractivity contribution in [3.63, 3.8) is 0 Å². The summed E-state index contributed by atoms with van der Waals surface area (Å²) in [4.78, 5) is 15.3. The predicted molar refractivity (Wildman–Crippen MR) is 64.5 cm³/mol. The van der Waals surface area contributed by atoms with Crippen LogP contribution < -0.4 is 0 Å². The van der Waals surface area contributed by atoms with Crippen molar-refractivity contribution in [1.29, 1.82) is 0 Å². The Kier molecular flexibility index (Phi) is 5.11. The van der Waals surface area contributed by atoms with Gasteiger partial charge in [-0.15, -0.1) is 11.3 Å². The molecule has 0 aliphatic heterocycles. The van der Waals surface area contributed by atoms with Gasteiger partial charge in [-0.1, -0.05) is 13.8 Å². The first-order valence-corrected chi connectivity index (χ1v) is 6.74. The molecule has 0 fully saturated rings. The van der Waals surface area contributed by atoms with Crippen molar-refractivity contribution in [2.75, 3.05) is 7.11 Å². The molecule has 1 aromatic rings. The van der Waals surface area contributed by atoms with Crippen molar-refractivity contribution in [2.45, 2.75) is 31.3 Å². The Morgan fingerprint density at radius 2 is 2.47 bits per heavy atom. The molecule has 1 aromatic heterocycles.